The number of alkyl carbamates (subject to hydrolysis) is 1. The quantitative estimate of drug-likeness (QED) is 0.366. The molecule has 12 nitrogen and oxygen atoms in total. The van der Waals surface area contributed by atoms with Crippen LogP contribution in [0.15, 0.2) is 35.2 Å². The molecular weight excluding hydrogens is 498 g/mol. The van der Waals surface area contributed by atoms with Crippen molar-refractivity contribution in [3.8, 4) is 0 Å². The molecule has 3 rings (SSSR count). The van der Waals surface area contributed by atoms with Crippen molar-refractivity contribution in [3.05, 3.63) is 30.3 Å². The SMILES string of the molecule is COC(=O)[C@]1(Sc2ccccc2)C[C@H]2OC(=O)N[C@H]2C([C@H](OC(C)=O)[C@@H](COC(C)=O)OC(C)=O)O1. The zero-order valence-electron chi connectivity index (χ0n) is 20.1. The van der Waals surface area contributed by atoms with Crippen molar-refractivity contribution in [2.75, 3.05) is 13.7 Å². The first-order valence-corrected chi connectivity index (χ1v) is 11.8. The minimum Gasteiger partial charge on any atom is -0.466 e. The number of hydrogen-bond acceptors (Lipinski definition) is 12. The zero-order valence-corrected chi connectivity index (χ0v) is 20.9. The second-order valence-corrected chi connectivity index (χ2v) is 9.42. The minimum absolute atomic E-state index is 0.0892. The summed E-state index contributed by atoms with van der Waals surface area (Å²) in [7, 11) is 1.19. The standard InChI is InChI=1S/C23H27NO11S/c1-12(25)31-11-17(32-13(2)26)19(33-14(3)27)20-18-16(34-22(29)24-18)10-23(35-20,21(28)30-4)36-15-8-6-5-7-9-15/h5-9,16-20H,10-11H2,1-4H3,(H,24,29)/t16-,17-,18-,19-,20?,23-/m1/s1. The predicted molar refractivity (Wildman–Crippen MR) is 121 cm³/mol. The fourth-order valence-electron chi connectivity index (χ4n) is 4.04. The molecule has 1 amide bonds. The minimum atomic E-state index is -1.73. The average molecular weight is 526 g/mol. The van der Waals surface area contributed by atoms with Crippen LogP contribution >= 0.6 is 11.8 Å². The Morgan fingerprint density at radius 2 is 1.75 bits per heavy atom. The monoisotopic (exact) mass is 525 g/mol. The first-order valence-electron chi connectivity index (χ1n) is 11.0. The van der Waals surface area contributed by atoms with Gasteiger partial charge in [-0.15, -0.1) is 0 Å². The summed E-state index contributed by atoms with van der Waals surface area (Å²) >= 11 is 1.03. The Hall–Kier alpha value is -3.32. The third kappa shape index (κ3) is 6.46. The van der Waals surface area contributed by atoms with Crippen LogP contribution in [0.2, 0.25) is 0 Å². The molecule has 196 valence electrons. The van der Waals surface area contributed by atoms with Gasteiger partial charge in [-0.3, -0.25) is 14.4 Å². The molecule has 0 radical (unpaired) electrons. The van der Waals surface area contributed by atoms with Crippen LogP contribution in [0.3, 0.4) is 0 Å². The number of methoxy groups -OCH3 is 1. The highest BCUT2D eigenvalue weighted by molar-refractivity contribution is 8.01. The second-order valence-electron chi connectivity index (χ2n) is 8.08. The lowest BCUT2D eigenvalue weighted by Crippen LogP contribution is -2.64. The molecule has 2 saturated heterocycles. The van der Waals surface area contributed by atoms with Crippen molar-refractivity contribution in [2.45, 2.75) is 67.5 Å². The van der Waals surface area contributed by atoms with E-state index in [-0.39, 0.29) is 6.42 Å². The van der Waals surface area contributed by atoms with Crippen LogP contribution in [0, 0.1) is 0 Å². The lowest BCUT2D eigenvalue weighted by molar-refractivity contribution is -0.214. The van der Waals surface area contributed by atoms with Crippen molar-refractivity contribution < 1.29 is 52.4 Å². The van der Waals surface area contributed by atoms with Gasteiger partial charge in [0.15, 0.2) is 12.2 Å². The molecule has 2 heterocycles. The number of esters is 4. The van der Waals surface area contributed by atoms with E-state index in [4.69, 9.17) is 28.4 Å². The summed E-state index contributed by atoms with van der Waals surface area (Å²) in [6.07, 6.45) is -5.75. The third-order valence-corrected chi connectivity index (χ3v) is 6.64. The van der Waals surface area contributed by atoms with E-state index < -0.39 is 72.0 Å². The van der Waals surface area contributed by atoms with E-state index >= 15 is 0 Å². The van der Waals surface area contributed by atoms with Gasteiger partial charge in [0, 0.05) is 32.1 Å². The molecule has 13 heteroatoms. The number of amides is 1. The molecule has 2 aliphatic rings. The molecule has 1 aromatic carbocycles. The van der Waals surface area contributed by atoms with E-state index in [1.165, 1.54) is 7.11 Å². The third-order valence-electron chi connectivity index (χ3n) is 5.38. The predicted octanol–water partition coefficient (Wildman–Crippen LogP) is 1.34. The number of carbonyl (C=O) groups excluding carboxylic acids is 5. The second kappa shape index (κ2) is 11.6. The number of carbonyl (C=O) groups is 5. The Kier molecular flexibility index (Phi) is 8.79. The summed E-state index contributed by atoms with van der Waals surface area (Å²) in [6.45, 7) is 2.93. The maximum absolute atomic E-state index is 13.1. The fraction of sp³-hybridized carbons (Fsp3) is 0.522. The lowest BCUT2D eigenvalue weighted by Gasteiger charge is -2.45. The molecule has 2 aliphatic heterocycles. The molecule has 0 spiro atoms. The highest BCUT2D eigenvalue weighted by Gasteiger charge is 2.60. The van der Waals surface area contributed by atoms with Crippen molar-refractivity contribution in [3.63, 3.8) is 0 Å². The van der Waals surface area contributed by atoms with Gasteiger partial charge in [-0.25, -0.2) is 9.59 Å². The Balaban J connectivity index is 2.07. The normalized spacial score (nSPS) is 26.3. The molecule has 36 heavy (non-hydrogen) atoms. The average Bonchev–Trinajstić information content (AvgIpc) is 3.19. The fourth-order valence-corrected chi connectivity index (χ4v) is 5.29. The van der Waals surface area contributed by atoms with E-state index in [1.807, 2.05) is 0 Å². The maximum atomic E-state index is 13.1. The van der Waals surface area contributed by atoms with Gasteiger partial charge >= 0.3 is 30.0 Å². The van der Waals surface area contributed by atoms with Crippen LogP contribution in [-0.4, -0.2) is 79.1 Å². The number of thioether (sulfide) groups is 1. The Labute approximate surface area is 211 Å². The number of fused-ring (bicyclic) bond motifs is 1. The molecule has 1 unspecified atom stereocenters. The molecule has 6 atom stereocenters. The summed E-state index contributed by atoms with van der Waals surface area (Å²) in [5, 5.41) is 2.60. The van der Waals surface area contributed by atoms with Gasteiger partial charge in [-0.05, 0) is 12.1 Å². The molecule has 1 N–H and O–H groups in total. The van der Waals surface area contributed by atoms with Crippen molar-refractivity contribution >= 4 is 41.7 Å². The Morgan fingerprint density at radius 3 is 2.33 bits per heavy atom. The summed E-state index contributed by atoms with van der Waals surface area (Å²) in [5.74, 6) is -2.96. The highest BCUT2D eigenvalue weighted by atomic mass is 32.2. The van der Waals surface area contributed by atoms with Crippen LogP contribution in [0.5, 0.6) is 0 Å². The maximum Gasteiger partial charge on any atom is 0.407 e. The van der Waals surface area contributed by atoms with E-state index in [9.17, 15) is 24.0 Å². The van der Waals surface area contributed by atoms with Gasteiger partial charge in [0.2, 0.25) is 4.93 Å². The Morgan fingerprint density at radius 1 is 1.08 bits per heavy atom. The lowest BCUT2D eigenvalue weighted by atomic mass is 9.90. The smallest absolute Gasteiger partial charge is 0.407 e. The van der Waals surface area contributed by atoms with Crippen molar-refractivity contribution in [1.82, 2.24) is 5.32 Å². The zero-order chi connectivity index (χ0) is 26.5. The van der Waals surface area contributed by atoms with Crippen LogP contribution in [-0.2, 0) is 47.6 Å². The molecule has 0 bridgehead atoms. The number of ether oxygens (including phenoxy) is 6. The molecular formula is C23H27NO11S. The molecule has 0 aliphatic carbocycles. The highest BCUT2D eigenvalue weighted by Crippen LogP contribution is 2.46. The molecule has 2 fully saturated rings. The first-order chi connectivity index (χ1) is 17.0. The van der Waals surface area contributed by atoms with Gasteiger partial charge in [0.1, 0.15) is 18.8 Å². The summed E-state index contributed by atoms with van der Waals surface area (Å²) in [4.78, 5) is 59.7. The Bertz CT molecular complexity index is 1000. The summed E-state index contributed by atoms with van der Waals surface area (Å²) in [6, 6.07) is 7.95. The van der Waals surface area contributed by atoms with Crippen molar-refractivity contribution in [2.24, 2.45) is 0 Å². The van der Waals surface area contributed by atoms with Crippen LogP contribution in [0.25, 0.3) is 0 Å². The first kappa shape index (κ1) is 27.3. The van der Waals surface area contributed by atoms with Gasteiger partial charge in [0.25, 0.3) is 0 Å². The topological polar surface area (TPSA) is 153 Å². The molecule has 0 saturated carbocycles. The van der Waals surface area contributed by atoms with Crippen LogP contribution < -0.4 is 5.32 Å². The van der Waals surface area contributed by atoms with E-state index in [0.29, 0.717) is 4.90 Å². The van der Waals surface area contributed by atoms with Crippen LogP contribution in [0.1, 0.15) is 27.2 Å². The number of rotatable bonds is 9. The molecule has 0 aromatic heterocycles. The van der Waals surface area contributed by atoms with E-state index in [1.54, 1.807) is 30.3 Å². The number of nitrogens with one attached hydrogen (secondary N) is 1. The van der Waals surface area contributed by atoms with Gasteiger partial charge in [-0.2, -0.15) is 0 Å². The van der Waals surface area contributed by atoms with E-state index in [0.717, 1.165) is 32.5 Å². The summed E-state index contributed by atoms with van der Waals surface area (Å²) in [5.41, 5.74) is 0. The van der Waals surface area contributed by atoms with Gasteiger partial charge < -0.3 is 33.7 Å². The number of benzene rings is 1. The van der Waals surface area contributed by atoms with Crippen LogP contribution in [0.4, 0.5) is 4.79 Å². The van der Waals surface area contributed by atoms with Gasteiger partial charge in [-0.1, -0.05) is 30.0 Å². The van der Waals surface area contributed by atoms with Gasteiger partial charge in [0.05, 0.1) is 13.2 Å². The van der Waals surface area contributed by atoms with Crippen molar-refractivity contribution in [1.29, 1.82) is 0 Å². The van der Waals surface area contributed by atoms with E-state index in [2.05, 4.69) is 5.32 Å². The summed E-state index contributed by atoms with van der Waals surface area (Å²) < 4.78 is 32.6. The number of hydrogen-bond donors (Lipinski definition) is 1. The largest absolute Gasteiger partial charge is 0.466 e. The molecule has 1 aromatic rings.